The first kappa shape index (κ1) is 15.4. The zero-order chi connectivity index (χ0) is 15.8. The minimum absolute atomic E-state index is 0.550. The molecule has 3 fully saturated rings. The summed E-state index contributed by atoms with van der Waals surface area (Å²) < 4.78 is 0. The maximum Gasteiger partial charge on any atom is 0.169 e. The van der Waals surface area contributed by atoms with Crippen LogP contribution in [-0.4, -0.2) is 22.1 Å². The van der Waals surface area contributed by atoms with Gasteiger partial charge < -0.3 is 10.2 Å². The quantitative estimate of drug-likeness (QED) is 0.809. The lowest BCUT2D eigenvalue weighted by Gasteiger charge is -2.35. The van der Waals surface area contributed by atoms with Gasteiger partial charge in [0.2, 0.25) is 0 Å². The summed E-state index contributed by atoms with van der Waals surface area (Å²) in [5.74, 6) is 2.66. The van der Waals surface area contributed by atoms with Crippen LogP contribution in [0.4, 0.5) is 0 Å². The Hall–Kier alpha value is -1.09. The van der Waals surface area contributed by atoms with Crippen molar-refractivity contribution in [3.63, 3.8) is 0 Å². The van der Waals surface area contributed by atoms with Gasteiger partial charge in [0.1, 0.15) is 0 Å². The molecule has 3 aliphatic carbocycles. The molecule has 124 valence electrons. The summed E-state index contributed by atoms with van der Waals surface area (Å²) in [5, 5.41) is 4.74. The predicted octanol–water partition coefficient (Wildman–Crippen LogP) is 4.35. The van der Waals surface area contributed by atoms with Gasteiger partial charge in [-0.05, 0) is 74.6 Å². The third-order valence-electron chi connectivity index (χ3n) is 6.30. The molecule has 1 N–H and O–H groups in total. The second kappa shape index (κ2) is 6.43. The van der Waals surface area contributed by atoms with Crippen molar-refractivity contribution in [2.24, 2.45) is 17.8 Å². The van der Waals surface area contributed by atoms with Crippen LogP contribution in [0.15, 0.2) is 30.3 Å². The Labute approximate surface area is 145 Å². The van der Waals surface area contributed by atoms with Gasteiger partial charge >= 0.3 is 0 Å². The largest absolute Gasteiger partial charge is 0.360 e. The summed E-state index contributed by atoms with van der Waals surface area (Å²) in [5.41, 5.74) is 1.36. The molecule has 4 unspecified atom stereocenters. The molecule has 4 atom stereocenters. The molecule has 0 radical (unpaired) electrons. The summed E-state index contributed by atoms with van der Waals surface area (Å²) in [6.07, 6.45) is 8.34. The molecule has 2 bridgehead atoms. The maximum atomic E-state index is 5.86. The van der Waals surface area contributed by atoms with E-state index in [1.807, 2.05) is 0 Å². The highest BCUT2D eigenvalue weighted by Gasteiger charge is 2.41. The molecule has 3 heteroatoms. The topological polar surface area (TPSA) is 15.3 Å². The Kier molecular flexibility index (Phi) is 4.31. The third kappa shape index (κ3) is 3.40. The summed E-state index contributed by atoms with van der Waals surface area (Å²) in [6, 6.07) is 12.0. The first-order valence-electron chi connectivity index (χ1n) is 9.32. The van der Waals surface area contributed by atoms with E-state index in [0.29, 0.717) is 12.1 Å². The fraction of sp³-hybridized carbons (Fsp3) is 0.650. The van der Waals surface area contributed by atoms with Crippen molar-refractivity contribution in [2.75, 3.05) is 0 Å². The number of hydrogen-bond donors (Lipinski definition) is 1. The lowest BCUT2D eigenvalue weighted by atomic mass is 9.95. The van der Waals surface area contributed by atoms with Crippen LogP contribution in [0.5, 0.6) is 0 Å². The first-order chi connectivity index (χ1) is 11.2. The Morgan fingerprint density at radius 3 is 2.57 bits per heavy atom. The van der Waals surface area contributed by atoms with Gasteiger partial charge in [0.25, 0.3) is 0 Å². The van der Waals surface area contributed by atoms with E-state index in [1.54, 1.807) is 0 Å². The number of nitrogens with zero attached hydrogens (tertiary/aromatic N) is 1. The molecule has 0 saturated heterocycles. The molecular weight excluding hydrogens is 300 g/mol. The van der Waals surface area contributed by atoms with E-state index < -0.39 is 0 Å². The Bertz CT molecular complexity index is 554. The minimum atomic E-state index is 0.550. The smallest absolute Gasteiger partial charge is 0.169 e. The van der Waals surface area contributed by atoms with E-state index in [0.717, 1.165) is 29.4 Å². The molecule has 23 heavy (non-hydrogen) atoms. The van der Waals surface area contributed by atoms with Crippen molar-refractivity contribution < 1.29 is 0 Å². The normalized spacial score (nSPS) is 30.2. The average molecular weight is 329 g/mol. The number of hydrogen-bond acceptors (Lipinski definition) is 1. The number of thiocarbonyl (C=S) groups is 1. The zero-order valence-electron chi connectivity index (χ0n) is 14.1. The van der Waals surface area contributed by atoms with Crippen molar-refractivity contribution >= 4 is 17.3 Å². The fourth-order valence-corrected chi connectivity index (χ4v) is 5.06. The Morgan fingerprint density at radius 2 is 1.96 bits per heavy atom. The SMILES string of the molecule is CC(C1CC1)N(Cc1ccccc1)C(=S)NC1CC2CCC1C2. The van der Waals surface area contributed by atoms with Crippen LogP contribution in [0.2, 0.25) is 0 Å². The van der Waals surface area contributed by atoms with Crippen LogP contribution in [-0.2, 0) is 6.54 Å². The standard InChI is InChI=1S/C20H28N2S/c1-14(17-9-10-17)22(13-15-5-3-2-4-6-15)20(23)21-19-12-16-7-8-18(19)11-16/h2-6,14,16-19H,7-13H2,1H3,(H,21,23). The summed E-state index contributed by atoms with van der Waals surface area (Å²) >= 11 is 5.86. The van der Waals surface area contributed by atoms with Crippen LogP contribution >= 0.6 is 12.2 Å². The monoisotopic (exact) mass is 328 g/mol. The van der Waals surface area contributed by atoms with E-state index in [2.05, 4.69) is 47.5 Å². The third-order valence-corrected chi connectivity index (χ3v) is 6.65. The highest BCUT2D eigenvalue weighted by Crippen LogP contribution is 2.44. The van der Waals surface area contributed by atoms with Crippen LogP contribution in [0.1, 0.15) is 51.0 Å². The fourth-order valence-electron chi connectivity index (χ4n) is 4.68. The van der Waals surface area contributed by atoms with Crippen molar-refractivity contribution in [1.82, 2.24) is 10.2 Å². The molecule has 1 aromatic carbocycles. The molecule has 4 rings (SSSR count). The van der Waals surface area contributed by atoms with Gasteiger partial charge in [-0.25, -0.2) is 0 Å². The summed E-state index contributed by atoms with van der Waals surface area (Å²) in [6.45, 7) is 3.29. The van der Waals surface area contributed by atoms with Crippen molar-refractivity contribution in [3.8, 4) is 0 Å². The molecule has 0 aliphatic heterocycles. The van der Waals surface area contributed by atoms with Crippen LogP contribution in [0.3, 0.4) is 0 Å². The van der Waals surface area contributed by atoms with Crippen LogP contribution in [0, 0.1) is 17.8 Å². The van der Waals surface area contributed by atoms with Crippen LogP contribution < -0.4 is 5.32 Å². The molecule has 2 nitrogen and oxygen atoms in total. The number of nitrogens with one attached hydrogen (secondary N) is 1. The Balaban J connectivity index is 1.44. The molecule has 3 aliphatic rings. The van der Waals surface area contributed by atoms with E-state index in [9.17, 15) is 0 Å². The van der Waals surface area contributed by atoms with Gasteiger partial charge in [0.15, 0.2) is 5.11 Å². The molecule has 3 saturated carbocycles. The van der Waals surface area contributed by atoms with E-state index in [1.165, 1.54) is 44.1 Å². The van der Waals surface area contributed by atoms with Crippen molar-refractivity contribution in [1.29, 1.82) is 0 Å². The van der Waals surface area contributed by atoms with Crippen molar-refractivity contribution in [2.45, 2.75) is 64.1 Å². The summed E-state index contributed by atoms with van der Waals surface area (Å²) in [7, 11) is 0. The van der Waals surface area contributed by atoms with Gasteiger partial charge in [0.05, 0.1) is 0 Å². The minimum Gasteiger partial charge on any atom is -0.360 e. The van der Waals surface area contributed by atoms with Gasteiger partial charge in [-0.2, -0.15) is 0 Å². The summed E-state index contributed by atoms with van der Waals surface area (Å²) in [4.78, 5) is 2.45. The van der Waals surface area contributed by atoms with Crippen molar-refractivity contribution in [3.05, 3.63) is 35.9 Å². The molecule has 0 aromatic heterocycles. The molecule has 1 aromatic rings. The van der Waals surface area contributed by atoms with Gasteiger partial charge in [0, 0.05) is 18.6 Å². The highest BCUT2D eigenvalue weighted by atomic mass is 32.1. The first-order valence-corrected chi connectivity index (χ1v) is 9.72. The number of benzene rings is 1. The van der Waals surface area contributed by atoms with Crippen LogP contribution in [0.25, 0.3) is 0 Å². The van der Waals surface area contributed by atoms with E-state index >= 15 is 0 Å². The number of fused-ring (bicyclic) bond motifs is 2. The lowest BCUT2D eigenvalue weighted by molar-refractivity contribution is 0.279. The molecule has 0 amide bonds. The zero-order valence-corrected chi connectivity index (χ0v) is 14.9. The van der Waals surface area contributed by atoms with Gasteiger partial charge in [-0.1, -0.05) is 36.8 Å². The predicted molar refractivity (Wildman–Crippen MR) is 99.1 cm³/mol. The van der Waals surface area contributed by atoms with Gasteiger partial charge in [-0.3, -0.25) is 0 Å². The molecule has 0 heterocycles. The number of rotatable bonds is 5. The van der Waals surface area contributed by atoms with E-state index in [-0.39, 0.29) is 0 Å². The molecule has 0 spiro atoms. The second-order valence-electron chi connectivity index (χ2n) is 7.92. The van der Waals surface area contributed by atoms with E-state index in [4.69, 9.17) is 12.2 Å². The molecular formula is C20H28N2S. The average Bonchev–Trinajstić information content (AvgIpc) is 3.22. The van der Waals surface area contributed by atoms with Gasteiger partial charge in [-0.15, -0.1) is 0 Å². The maximum absolute atomic E-state index is 5.86. The Morgan fingerprint density at radius 1 is 1.17 bits per heavy atom. The second-order valence-corrected chi connectivity index (χ2v) is 8.31. The lowest BCUT2D eigenvalue weighted by Crippen LogP contribution is -2.49. The highest BCUT2D eigenvalue weighted by molar-refractivity contribution is 7.80.